The predicted octanol–water partition coefficient (Wildman–Crippen LogP) is 2.27. The van der Waals surface area contributed by atoms with Crippen LogP contribution < -0.4 is 10.5 Å². The Morgan fingerprint density at radius 2 is 1.84 bits per heavy atom. The Bertz CT molecular complexity index is 552. The van der Waals surface area contributed by atoms with E-state index in [2.05, 4.69) is 30.9 Å². The summed E-state index contributed by atoms with van der Waals surface area (Å²) in [6.07, 6.45) is 0. The third-order valence-corrected chi connectivity index (χ3v) is 2.77. The largest absolute Gasteiger partial charge is 0.486 e. The molecule has 0 fully saturated rings. The van der Waals surface area contributed by atoms with Crippen LogP contribution in [0.1, 0.15) is 32.4 Å². The molecule has 0 saturated carbocycles. The van der Waals surface area contributed by atoms with Crippen molar-refractivity contribution in [3.8, 4) is 5.75 Å². The van der Waals surface area contributed by atoms with Gasteiger partial charge in [-0.05, 0) is 24.3 Å². The molecule has 0 atom stereocenters. The lowest BCUT2D eigenvalue weighted by molar-refractivity contribution is 0.289. The molecule has 0 aliphatic heterocycles. The SMILES string of the molecule is Cn1nc(C(C)(C)C)nc1COc1ccc(N)cc1. The molecule has 0 saturated heterocycles. The van der Waals surface area contributed by atoms with E-state index in [-0.39, 0.29) is 5.41 Å². The van der Waals surface area contributed by atoms with Gasteiger partial charge in [0.05, 0.1) is 0 Å². The molecule has 0 unspecified atom stereocenters. The van der Waals surface area contributed by atoms with Crippen LogP contribution in [0.4, 0.5) is 5.69 Å². The highest BCUT2D eigenvalue weighted by atomic mass is 16.5. The number of hydrogen-bond donors (Lipinski definition) is 1. The summed E-state index contributed by atoms with van der Waals surface area (Å²) in [6, 6.07) is 7.31. The first kappa shape index (κ1) is 13.4. The van der Waals surface area contributed by atoms with Gasteiger partial charge in [0, 0.05) is 18.2 Å². The molecular weight excluding hydrogens is 240 g/mol. The van der Waals surface area contributed by atoms with Crippen molar-refractivity contribution in [2.45, 2.75) is 32.8 Å². The Balaban J connectivity index is 2.07. The van der Waals surface area contributed by atoms with Gasteiger partial charge in [-0.1, -0.05) is 20.8 Å². The second-order valence-corrected chi connectivity index (χ2v) is 5.58. The summed E-state index contributed by atoms with van der Waals surface area (Å²) in [6.45, 7) is 6.66. The number of rotatable bonds is 3. The van der Waals surface area contributed by atoms with Crippen LogP contribution in [0.3, 0.4) is 0 Å². The molecule has 0 radical (unpaired) electrons. The van der Waals surface area contributed by atoms with E-state index in [0.717, 1.165) is 23.1 Å². The third kappa shape index (κ3) is 3.24. The standard InChI is InChI=1S/C14H20N4O/c1-14(2,3)13-16-12(18(4)17-13)9-19-11-7-5-10(15)6-8-11/h5-8H,9,15H2,1-4H3. The topological polar surface area (TPSA) is 66.0 Å². The summed E-state index contributed by atoms with van der Waals surface area (Å²) in [4.78, 5) is 4.52. The van der Waals surface area contributed by atoms with Crippen molar-refractivity contribution in [2.24, 2.45) is 7.05 Å². The first-order valence-electron chi connectivity index (χ1n) is 6.25. The highest BCUT2D eigenvalue weighted by molar-refractivity contribution is 5.41. The van der Waals surface area contributed by atoms with Crippen molar-refractivity contribution in [3.63, 3.8) is 0 Å². The number of nitrogen functional groups attached to an aromatic ring is 1. The molecule has 5 nitrogen and oxygen atoms in total. The Hall–Kier alpha value is -2.04. The maximum atomic E-state index is 5.67. The number of aryl methyl sites for hydroxylation is 1. The summed E-state index contributed by atoms with van der Waals surface area (Å²) in [5, 5.41) is 4.41. The first-order chi connectivity index (χ1) is 8.86. The molecule has 1 aromatic carbocycles. The summed E-state index contributed by atoms with van der Waals surface area (Å²) in [7, 11) is 1.88. The molecule has 2 N–H and O–H groups in total. The molecule has 0 spiro atoms. The average molecular weight is 260 g/mol. The molecule has 102 valence electrons. The molecule has 0 amide bonds. The highest BCUT2D eigenvalue weighted by Crippen LogP contribution is 2.19. The van der Waals surface area contributed by atoms with Crippen LogP contribution in [-0.2, 0) is 19.1 Å². The fraction of sp³-hybridized carbons (Fsp3) is 0.429. The van der Waals surface area contributed by atoms with Crippen LogP contribution in [0.2, 0.25) is 0 Å². The minimum atomic E-state index is -0.0583. The summed E-state index contributed by atoms with van der Waals surface area (Å²) in [5.74, 6) is 2.40. The Morgan fingerprint density at radius 1 is 1.21 bits per heavy atom. The van der Waals surface area contributed by atoms with E-state index in [1.807, 2.05) is 31.3 Å². The van der Waals surface area contributed by atoms with Crippen LogP contribution >= 0.6 is 0 Å². The quantitative estimate of drug-likeness (QED) is 0.860. The lowest BCUT2D eigenvalue weighted by atomic mass is 9.96. The molecule has 0 aliphatic rings. The fourth-order valence-corrected chi connectivity index (χ4v) is 1.57. The first-order valence-corrected chi connectivity index (χ1v) is 6.25. The summed E-state index contributed by atoms with van der Waals surface area (Å²) >= 11 is 0. The van der Waals surface area contributed by atoms with Crippen molar-refractivity contribution in [3.05, 3.63) is 35.9 Å². The lowest BCUT2D eigenvalue weighted by Gasteiger charge is -2.12. The van der Waals surface area contributed by atoms with E-state index in [4.69, 9.17) is 10.5 Å². The van der Waals surface area contributed by atoms with Gasteiger partial charge >= 0.3 is 0 Å². The van der Waals surface area contributed by atoms with Crippen LogP contribution in [0, 0.1) is 0 Å². The van der Waals surface area contributed by atoms with E-state index in [9.17, 15) is 0 Å². The molecule has 1 heterocycles. The molecule has 2 aromatic rings. The van der Waals surface area contributed by atoms with Crippen molar-refractivity contribution in [2.75, 3.05) is 5.73 Å². The van der Waals surface area contributed by atoms with E-state index >= 15 is 0 Å². The van der Waals surface area contributed by atoms with Crippen molar-refractivity contribution >= 4 is 5.69 Å². The fourth-order valence-electron chi connectivity index (χ4n) is 1.57. The van der Waals surface area contributed by atoms with E-state index in [1.165, 1.54) is 0 Å². The van der Waals surface area contributed by atoms with Crippen LogP contribution in [0.15, 0.2) is 24.3 Å². The van der Waals surface area contributed by atoms with Crippen molar-refractivity contribution in [1.82, 2.24) is 14.8 Å². The van der Waals surface area contributed by atoms with Gasteiger partial charge in [-0.15, -0.1) is 0 Å². The van der Waals surface area contributed by atoms with Crippen molar-refractivity contribution in [1.29, 1.82) is 0 Å². The van der Waals surface area contributed by atoms with Crippen LogP contribution in [0.5, 0.6) is 5.75 Å². The lowest BCUT2D eigenvalue weighted by Crippen LogP contribution is -2.13. The second kappa shape index (κ2) is 4.91. The van der Waals surface area contributed by atoms with Crippen molar-refractivity contribution < 1.29 is 4.74 Å². The Kier molecular flexibility index (Phi) is 3.46. The maximum Gasteiger partial charge on any atom is 0.164 e. The molecule has 1 aromatic heterocycles. The molecule has 0 bridgehead atoms. The zero-order valence-electron chi connectivity index (χ0n) is 11.8. The van der Waals surface area contributed by atoms with Gasteiger partial charge in [0.2, 0.25) is 0 Å². The maximum absolute atomic E-state index is 5.67. The zero-order valence-corrected chi connectivity index (χ0v) is 11.8. The zero-order chi connectivity index (χ0) is 14.0. The predicted molar refractivity (Wildman–Crippen MR) is 74.9 cm³/mol. The number of anilines is 1. The number of aromatic nitrogens is 3. The van der Waals surface area contributed by atoms with Crippen LogP contribution in [0.25, 0.3) is 0 Å². The average Bonchev–Trinajstić information content (AvgIpc) is 2.70. The minimum Gasteiger partial charge on any atom is -0.486 e. The number of nitrogens with two attached hydrogens (primary N) is 1. The summed E-state index contributed by atoms with van der Waals surface area (Å²) in [5.41, 5.74) is 6.29. The molecule has 0 aliphatic carbocycles. The van der Waals surface area contributed by atoms with Gasteiger partial charge < -0.3 is 10.5 Å². The van der Waals surface area contributed by atoms with Gasteiger partial charge in [-0.3, -0.25) is 0 Å². The Morgan fingerprint density at radius 3 is 2.37 bits per heavy atom. The normalized spacial score (nSPS) is 11.6. The minimum absolute atomic E-state index is 0.0583. The molecule has 5 heteroatoms. The number of nitrogens with zero attached hydrogens (tertiary/aromatic N) is 3. The van der Waals surface area contributed by atoms with Crippen LogP contribution in [-0.4, -0.2) is 14.8 Å². The molecule has 2 rings (SSSR count). The van der Waals surface area contributed by atoms with Gasteiger partial charge in [0.1, 0.15) is 12.4 Å². The van der Waals surface area contributed by atoms with E-state index < -0.39 is 0 Å². The van der Waals surface area contributed by atoms with Gasteiger partial charge in [0.25, 0.3) is 0 Å². The van der Waals surface area contributed by atoms with Gasteiger partial charge in [-0.2, -0.15) is 5.10 Å². The third-order valence-electron chi connectivity index (χ3n) is 2.77. The summed E-state index contributed by atoms with van der Waals surface area (Å²) < 4.78 is 7.44. The number of hydrogen-bond acceptors (Lipinski definition) is 4. The molecule has 19 heavy (non-hydrogen) atoms. The second-order valence-electron chi connectivity index (χ2n) is 5.58. The molecular formula is C14H20N4O. The number of benzene rings is 1. The monoisotopic (exact) mass is 260 g/mol. The van der Waals surface area contributed by atoms with E-state index in [0.29, 0.717) is 6.61 Å². The van der Waals surface area contributed by atoms with Gasteiger partial charge in [-0.25, -0.2) is 9.67 Å². The Labute approximate surface area is 113 Å². The highest BCUT2D eigenvalue weighted by Gasteiger charge is 2.20. The smallest absolute Gasteiger partial charge is 0.164 e. The van der Waals surface area contributed by atoms with E-state index in [1.54, 1.807) is 4.68 Å². The van der Waals surface area contributed by atoms with Gasteiger partial charge in [0.15, 0.2) is 11.6 Å². The number of ether oxygens (including phenoxy) is 1.